The highest BCUT2D eigenvalue weighted by molar-refractivity contribution is 14.1. The smallest absolute Gasteiger partial charge is 0.0233 e. The number of hydrogen-bond acceptors (Lipinski definition) is 1. The predicted molar refractivity (Wildman–Crippen MR) is 82.0 cm³/mol. The van der Waals surface area contributed by atoms with E-state index in [4.69, 9.17) is 0 Å². The number of hydrogen-bond donors (Lipinski definition) is 0. The highest BCUT2D eigenvalue weighted by Gasteiger charge is 2.22. The van der Waals surface area contributed by atoms with Crippen LogP contribution in [0.1, 0.15) is 38.2 Å². The summed E-state index contributed by atoms with van der Waals surface area (Å²) in [7, 11) is 2.28. The molecule has 0 heterocycles. The Morgan fingerprint density at radius 3 is 2.59 bits per heavy atom. The Hall–Kier alpha value is -0.0900. The molecule has 0 aromatic heterocycles. The summed E-state index contributed by atoms with van der Waals surface area (Å²) >= 11 is 2.36. The van der Waals surface area contributed by atoms with Crippen molar-refractivity contribution in [3.05, 3.63) is 33.4 Å². The molecule has 1 aliphatic rings. The van der Waals surface area contributed by atoms with Gasteiger partial charge < -0.3 is 0 Å². The van der Waals surface area contributed by atoms with Crippen LogP contribution in [0.5, 0.6) is 0 Å². The van der Waals surface area contributed by atoms with Gasteiger partial charge in [0, 0.05) is 16.2 Å². The Morgan fingerprint density at radius 1 is 1.24 bits per heavy atom. The van der Waals surface area contributed by atoms with Crippen LogP contribution in [0.25, 0.3) is 0 Å². The molecule has 2 atom stereocenters. The average molecular weight is 343 g/mol. The fraction of sp³-hybridized carbons (Fsp3) is 0.600. The van der Waals surface area contributed by atoms with Crippen molar-refractivity contribution in [2.75, 3.05) is 7.05 Å². The van der Waals surface area contributed by atoms with Gasteiger partial charge in [-0.1, -0.05) is 31.9 Å². The van der Waals surface area contributed by atoms with Gasteiger partial charge in [0.15, 0.2) is 0 Å². The second-order valence-electron chi connectivity index (χ2n) is 5.47. The van der Waals surface area contributed by atoms with Crippen LogP contribution in [0.2, 0.25) is 0 Å². The summed E-state index contributed by atoms with van der Waals surface area (Å²) in [6.07, 6.45) is 5.59. The van der Waals surface area contributed by atoms with E-state index in [1.165, 1.54) is 34.8 Å². The predicted octanol–water partition coefficient (Wildman–Crippen LogP) is 4.30. The van der Waals surface area contributed by atoms with Crippen molar-refractivity contribution in [2.24, 2.45) is 5.92 Å². The molecule has 0 bridgehead atoms. The molecule has 0 N–H and O–H groups in total. The minimum absolute atomic E-state index is 0.790. The first-order valence-corrected chi connectivity index (χ1v) is 7.67. The summed E-state index contributed by atoms with van der Waals surface area (Å²) in [5.41, 5.74) is 1.44. The van der Waals surface area contributed by atoms with Crippen LogP contribution in [-0.4, -0.2) is 18.0 Å². The summed E-state index contributed by atoms with van der Waals surface area (Å²) < 4.78 is 1.32. The van der Waals surface area contributed by atoms with E-state index in [1.807, 2.05) is 0 Å². The number of rotatable bonds is 3. The van der Waals surface area contributed by atoms with Crippen molar-refractivity contribution in [3.8, 4) is 0 Å². The molecule has 2 rings (SSSR count). The Kier molecular flexibility index (Phi) is 4.86. The number of halogens is 1. The minimum Gasteiger partial charge on any atom is -0.299 e. The van der Waals surface area contributed by atoms with E-state index in [0.29, 0.717) is 0 Å². The van der Waals surface area contributed by atoms with E-state index in [-0.39, 0.29) is 0 Å². The second-order valence-corrected chi connectivity index (χ2v) is 6.71. The van der Waals surface area contributed by atoms with Crippen molar-refractivity contribution in [1.82, 2.24) is 4.90 Å². The van der Waals surface area contributed by atoms with Crippen molar-refractivity contribution in [1.29, 1.82) is 0 Å². The highest BCUT2D eigenvalue weighted by atomic mass is 127. The molecule has 2 heteroatoms. The molecule has 1 aliphatic carbocycles. The first-order chi connectivity index (χ1) is 8.15. The number of nitrogens with zero attached hydrogens (tertiary/aromatic N) is 1. The van der Waals surface area contributed by atoms with Gasteiger partial charge in [-0.05, 0) is 66.1 Å². The van der Waals surface area contributed by atoms with Crippen LogP contribution in [-0.2, 0) is 6.54 Å². The lowest BCUT2D eigenvalue weighted by molar-refractivity contribution is 0.157. The van der Waals surface area contributed by atoms with Gasteiger partial charge in [0.2, 0.25) is 0 Å². The summed E-state index contributed by atoms with van der Waals surface area (Å²) in [6.45, 7) is 3.49. The van der Waals surface area contributed by atoms with Crippen LogP contribution in [0.15, 0.2) is 24.3 Å². The van der Waals surface area contributed by atoms with E-state index < -0.39 is 0 Å². The zero-order valence-corrected chi connectivity index (χ0v) is 13.0. The zero-order chi connectivity index (χ0) is 12.3. The quantitative estimate of drug-likeness (QED) is 0.740. The molecule has 1 saturated carbocycles. The Labute approximate surface area is 119 Å². The first kappa shape index (κ1) is 13.3. The first-order valence-electron chi connectivity index (χ1n) is 6.60. The van der Waals surface area contributed by atoms with E-state index in [0.717, 1.165) is 18.5 Å². The molecule has 1 aromatic carbocycles. The van der Waals surface area contributed by atoms with Gasteiger partial charge in [-0.15, -0.1) is 0 Å². The Morgan fingerprint density at radius 2 is 1.94 bits per heavy atom. The van der Waals surface area contributed by atoms with Crippen LogP contribution < -0.4 is 0 Å². The molecule has 0 spiro atoms. The molecule has 1 fully saturated rings. The maximum atomic E-state index is 2.54. The molecule has 1 nitrogen and oxygen atoms in total. The zero-order valence-electron chi connectivity index (χ0n) is 10.8. The van der Waals surface area contributed by atoms with Crippen molar-refractivity contribution >= 4 is 22.6 Å². The lowest BCUT2D eigenvalue weighted by Crippen LogP contribution is -2.35. The largest absolute Gasteiger partial charge is 0.299 e. The van der Waals surface area contributed by atoms with E-state index in [1.54, 1.807) is 0 Å². The third-order valence-electron chi connectivity index (χ3n) is 3.88. The molecule has 0 amide bonds. The van der Waals surface area contributed by atoms with Gasteiger partial charge in [0.25, 0.3) is 0 Å². The monoisotopic (exact) mass is 343 g/mol. The van der Waals surface area contributed by atoms with Gasteiger partial charge in [-0.2, -0.15) is 0 Å². The summed E-state index contributed by atoms with van der Waals surface area (Å²) in [6, 6.07) is 9.70. The molecule has 2 unspecified atom stereocenters. The van der Waals surface area contributed by atoms with Gasteiger partial charge >= 0.3 is 0 Å². The molecule has 0 radical (unpaired) electrons. The van der Waals surface area contributed by atoms with Crippen molar-refractivity contribution < 1.29 is 0 Å². The summed E-state index contributed by atoms with van der Waals surface area (Å²) in [4.78, 5) is 2.54. The standard InChI is InChI=1S/C15H22IN/c1-12-4-3-5-15(10-12)17(2)11-13-6-8-14(16)9-7-13/h6-9,12,15H,3-5,10-11H2,1-2H3. The Bertz CT molecular complexity index is 346. The maximum Gasteiger partial charge on any atom is 0.0233 e. The maximum absolute atomic E-state index is 2.54. The lowest BCUT2D eigenvalue weighted by atomic mass is 9.86. The Balaban J connectivity index is 1.91. The fourth-order valence-corrected chi connectivity index (χ4v) is 3.17. The molecule has 17 heavy (non-hydrogen) atoms. The van der Waals surface area contributed by atoms with E-state index in [2.05, 4.69) is 65.7 Å². The van der Waals surface area contributed by atoms with E-state index >= 15 is 0 Å². The molecular weight excluding hydrogens is 321 g/mol. The second kappa shape index (κ2) is 6.19. The van der Waals surface area contributed by atoms with Gasteiger partial charge in [0.1, 0.15) is 0 Å². The SMILES string of the molecule is CC1CCCC(N(C)Cc2ccc(I)cc2)C1. The van der Waals surface area contributed by atoms with Gasteiger partial charge in [-0.25, -0.2) is 0 Å². The lowest BCUT2D eigenvalue weighted by Gasteiger charge is -2.34. The third-order valence-corrected chi connectivity index (χ3v) is 4.60. The molecule has 0 aliphatic heterocycles. The topological polar surface area (TPSA) is 3.24 Å². The number of benzene rings is 1. The normalized spacial score (nSPS) is 25.2. The van der Waals surface area contributed by atoms with Crippen molar-refractivity contribution in [3.63, 3.8) is 0 Å². The van der Waals surface area contributed by atoms with E-state index in [9.17, 15) is 0 Å². The van der Waals surface area contributed by atoms with Gasteiger partial charge in [-0.3, -0.25) is 4.90 Å². The van der Waals surface area contributed by atoms with Gasteiger partial charge in [0.05, 0.1) is 0 Å². The summed E-state index contributed by atoms with van der Waals surface area (Å²) in [5.74, 6) is 0.910. The molecule has 1 aromatic rings. The average Bonchev–Trinajstić information content (AvgIpc) is 2.32. The molecule has 0 saturated heterocycles. The molecular formula is C15H22IN. The third kappa shape index (κ3) is 3.95. The van der Waals surface area contributed by atoms with Crippen LogP contribution >= 0.6 is 22.6 Å². The highest BCUT2D eigenvalue weighted by Crippen LogP contribution is 2.27. The fourth-order valence-electron chi connectivity index (χ4n) is 2.81. The summed E-state index contributed by atoms with van der Waals surface area (Å²) in [5, 5.41) is 0. The van der Waals surface area contributed by atoms with Crippen molar-refractivity contribution in [2.45, 2.75) is 45.2 Å². The van der Waals surface area contributed by atoms with Crippen LogP contribution in [0, 0.1) is 9.49 Å². The van der Waals surface area contributed by atoms with Crippen LogP contribution in [0.3, 0.4) is 0 Å². The van der Waals surface area contributed by atoms with Crippen LogP contribution in [0.4, 0.5) is 0 Å². The molecule has 94 valence electrons. The minimum atomic E-state index is 0.790.